The lowest BCUT2D eigenvalue weighted by atomic mass is 9.98. The first-order valence-electron chi connectivity index (χ1n) is 4.31. The molecule has 1 aliphatic heterocycles. The zero-order valence-electron chi connectivity index (χ0n) is 6.77. The predicted molar refractivity (Wildman–Crippen MR) is 43.9 cm³/mol. The molecule has 0 spiro atoms. The highest BCUT2D eigenvalue weighted by Gasteiger charge is 2.21. The number of rotatable bonds is 3. The van der Waals surface area contributed by atoms with Crippen molar-refractivity contribution in [3.05, 3.63) is 0 Å². The molecule has 1 saturated heterocycles. The molecular formula is C8H18N2. The molecule has 0 unspecified atom stereocenters. The van der Waals surface area contributed by atoms with Crippen LogP contribution < -0.4 is 11.1 Å². The highest BCUT2D eigenvalue weighted by molar-refractivity contribution is 4.83. The molecule has 0 aliphatic carbocycles. The van der Waals surface area contributed by atoms with Crippen molar-refractivity contribution in [2.45, 2.75) is 32.2 Å². The van der Waals surface area contributed by atoms with Gasteiger partial charge in [0.2, 0.25) is 0 Å². The molecule has 2 nitrogen and oxygen atoms in total. The Kier molecular flexibility index (Phi) is 3.16. The summed E-state index contributed by atoms with van der Waals surface area (Å²) in [6.07, 6.45) is 3.94. The smallest absolute Gasteiger partial charge is 0.0206 e. The third-order valence-electron chi connectivity index (χ3n) is 2.32. The summed E-state index contributed by atoms with van der Waals surface area (Å²) in [5, 5.41) is 3.31. The van der Waals surface area contributed by atoms with Crippen molar-refractivity contribution in [2.75, 3.05) is 13.1 Å². The molecule has 0 bridgehead atoms. The van der Waals surface area contributed by atoms with Crippen LogP contribution in [0.2, 0.25) is 0 Å². The summed E-state index contributed by atoms with van der Waals surface area (Å²) in [4.78, 5) is 0. The first-order chi connectivity index (χ1) is 4.84. The lowest BCUT2D eigenvalue weighted by molar-refractivity contribution is 0.458. The van der Waals surface area contributed by atoms with Crippen LogP contribution in [0.1, 0.15) is 26.2 Å². The Morgan fingerprint density at radius 1 is 1.50 bits per heavy atom. The summed E-state index contributed by atoms with van der Waals surface area (Å²) in [5.41, 5.74) is 5.86. The average molecular weight is 142 g/mol. The lowest BCUT2D eigenvalue weighted by Crippen LogP contribution is -2.28. The molecular weight excluding hydrogens is 124 g/mol. The second-order valence-corrected chi connectivity index (χ2v) is 3.22. The van der Waals surface area contributed by atoms with E-state index in [1.165, 1.54) is 19.3 Å². The molecule has 60 valence electrons. The monoisotopic (exact) mass is 142 g/mol. The van der Waals surface area contributed by atoms with Crippen LogP contribution in [0.15, 0.2) is 0 Å². The van der Waals surface area contributed by atoms with Crippen molar-refractivity contribution in [1.82, 2.24) is 5.32 Å². The fourth-order valence-corrected chi connectivity index (χ4v) is 1.54. The molecule has 0 saturated carbocycles. The highest BCUT2D eigenvalue weighted by atomic mass is 15.0. The summed E-state index contributed by atoms with van der Waals surface area (Å²) < 4.78 is 0. The van der Waals surface area contributed by atoms with E-state index in [9.17, 15) is 0 Å². The van der Waals surface area contributed by atoms with Gasteiger partial charge in [-0.05, 0) is 18.9 Å². The Bertz CT molecular complexity index is 93.3. The first kappa shape index (κ1) is 8.02. The summed E-state index contributed by atoms with van der Waals surface area (Å²) in [7, 11) is 0. The molecule has 3 N–H and O–H groups in total. The van der Waals surface area contributed by atoms with E-state index < -0.39 is 0 Å². The maximum absolute atomic E-state index is 5.86. The predicted octanol–water partition coefficient (Wildman–Crippen LogP) is 0.723. The quantitative estimate of drug-likeness (QED) is 0.609. The van der Waals surface area contributed by atoms with E-state index in [-0.39, 0.29) is 0 Å². The normalized spacial score (nSPS) is 33.0. The Labute approximate surface area is 63.2 Å². The van der Waals surface area contributed by atoms with Gasteiger partial charge in [-0.1, -0.05) is 19.8 Å². The van der Waals surface area contributed by atoms with Crippen LogP contribution in [-0.2, 0) is 0 Å². The van der Waals surface area contributed by atoms with Gasteiger partial charge in [0.15, 0.2) is 0 Å². The van der Waals surface area contributed by atoms with Gasteiger partial charge in [0.05, 0.1) is 0 Å². The third-order valence-corrected chi connectivity index (χ3v) is 2.32. The molecule has 2 heteroatoms. The van der Waals surface area contributed by atoms with E-state index in [0.29, 0.717) is 6.04 Å². The minimum Gasteiger partial charge on any atom is -0.326 e. The van der Waals surface area contributed by atoms with Crippen molar-refractivity contribution < 1.29 is 0 Å². The molecule has 0 radical (unpaired) electrons. The van der Waals surface area contributed by atoms with E-state index in [1.807, 2.05) is 0 Å². The summed E-state index contributed by atoms with van der Waals surface area (Å²) in [6, 6.07) is 0.423. The van der Waals surface area contributed by atoms with Crippen molar-refractivity contribution in [3.63, 3.8) is 0 Å². The Morgan fingerprint density at radius 3 is 2.80 bits per heavy atom. The second-order valence-electron chi connectivity index (χ2n) is 3.22. The van der Waals surface area contributed by atoms with E-state index in [0.717, 1.165) is 19.0 Å². The second kappa shape index (κ2) is 3.94. The minimum atomic E-state index is 0.423. The molecule has 0 aromatic rings. The Hall–Kier alpha value is -0.0800. The topological polar surface area (TPSA) is 38.0 Å². The molecule has 1 aliphatic rings. The zero-order valence-corrected chi connectivity index (χ0v) is 6.77. The number of nitrogens with one attached hydrogen (secondary N) is 1. The zero-order chi connectivity index (χ0) is 7.40. The molecule has 2 atom stereocenters. The molecule has 0 aromatic carbocycles. The van der Waals surface area contributed by atoms with Crippen molar-refractivity contribution in [3.8, 4) is 0 Å². The molecule has 1 fully saturated rings. The summed E-state index contributed by atoms with van der Waals surface area (Å²) >= 11 is 0. The van der Waals surface area contributed by atoms with Gasteiger partial charge >= 0.3 is 0 Å². The van der Waals surface area contributed by atoms with Crippen molar-refractivity contribution >= 4 is 0 Å². The van der Waals surface area contributed by atoms with Gasteiger partial charge < -0.3 is 11.1 Å². The fraction of sp³-hybridized carbons (Fsp3) is 1.00. The van der Waals surface area contributed by atoms with Gasteiger partial charge in [-0.25, -0.2) is 0 Å². The lowest BCUT2D eigenvalue weighted by Gasteiger charge is -2.12. The fourth-order valence-electron chi connectivity index (χ4n) is 1.54. The van der Waals surface area contributed by atoms with Crippen LogP contribution in [-0.4, -0.2) is 19.1 Å². The van der Waals surface area contributed by atoms with Crippen LogP contribution in [0, 0.1) is 5.92 Å². The molecule has 0 aromatic heterocycles. The minimum absolute atomic E-state index is 0.423. The summed E-state index contributed by atoms with van der Waals surface area (Å²) in [6.45, 7) is 4.39. The third kappa shape index (κ3) is 1.96. The van der Waals surface area contributed by atoms with Gasteiger partial charge in [-0.3, -0.25) is 0 Å². The van der Waals surface area contributed by atoms with Gasteiger partial charge in [0.1, 0.15) is 0 Å². The van der Waals surface area contributed by atoms with E-state index >= 15 is 0 Å². The summed E-state index contributed by atoms with van der Waals surface area (Å²) in [5.74, 6) is 0.750. The van der Waals surface area contributed by atoms with Crippen LogP contribution in [0.25, 0.3) is 0 Å². The number of hydrogen-bond donors (Lipinski definition) is 2. The maximum atomic E-state index is 5.86. The number of nitrogens with two attached hydrogens (primary N) is 1. The van der Waals surface area contributed by atoms with E-state index in [1.54, 1.807) is 0 Å². The van der Waals surface area contributed by atoms with Gasteiger partial charge in [0.25, 0.3) is 0 Å². The van der Waals surface area contributed by atoms with E-state index in [2.05, 4.69) is 12.2 Å². The van der Waals surface area contributed by atoms with Gasteiger partial charge in [-0.2, -0.15) is 0 Å². The van der Waals surface area contributed by atoms with Crippen molar-refractivity contribution in [1.29, 1.82) is 0 Å². The van der Waals surface area contributed by atoms with Crippen molar-refractivity contribution in [2.24, 2.45) is 11.7 Å². The average Bonchev–Trinajstić information content (AvgIpc) is 2.31. The van der Waals surface area contributed by atoms with Crippen LogP contribution in [0.3, 0.4) is 0 Å². The number of hydrogen-bond acceptors (Lipinski definition) is 2. The molecule has 1 rings (SSSR count). The molecule has 10 heavy (non-hydrogen) atoms. The highest BCUT2D eigenvalue weighted by Crippen LogP contribution is 2.14. The standard InChI is InChI=1S/C8H18N2/c1-2-3-4-7-5-10-6-8(7)9/h7-8,10H,2-6,9H2,1H3/t7-,8+/m0/s1. The van der Waals surface area contributed by atoms with E-state index in [4.69, 9.17) is 5.73 Å². The molecule has 0 amide bonds. The molecule has 1 heterocycles. The largest absolute Gasteiger partial charge is 0.326 e. The Balaban J connectivity index is 2.14. The van der Waals surface area contributed by atoms with Gasteiger partial charge in [0, 0.05) is 12.6 Å². The Morgan fingerprint density at radius 2 is 2.30 bits per heavy atom. The van der Waals surface area contributed by atoms with Gasteiger partial charge in [-0.15, -0.1) is 0 Å². The first-order valence-corrected chi connectivity index (χ1v) is 4.31. The maximum Gasteiger partial charge on any atom is 0.0206 e. The SMILES string of the molecule is CCCC[C@H]1CNC[C@H]1N. The number of unbranched alkanes of at least 4 members (excludes halogenated alkanes) is 1. The van der Waals surface area contributed by atoms with Crippen LogP contribution in [0.4, 0.5) is 0 Å². The van der Waals surface area contributed by atoms with Crippen LogP contribution in [0.5, 0.6) is 0 Å². The van der Waals surface area contributed by atoms with Crippen LogP contribution >= 0.6 is 0 Å².